The van der Waals surface area contributed by atoms with Gasteiger partial charge >= 0.3 is 6.03 Å². The number of urea groups is 1. The Balaban J connectivity index is 2.13. The van der Waals surface area contributed by atoms with E-state index in [1.807, 2.05) is 50.3 Å². The van der Waals surface area contributed by atoms with Gasteiger partial charge in [0.1, 0.15) is 5.54 Å². The molecule has 3 amide bonds. The normalized spacial score (nSPS) is 23.0. The topological polar surface area (TPSA) is 61.8 Å². The third-order valence-electron chi connectivity index (χ3n) is 3.52. The first kappa shape index (κ1) is 15.0. The highest BCUT2D eigenvalue weighted by Crippen LogP contribution is 2.20. The lowest BCUT2D eigenvalue weighted by atomic mass is 10.00. The fraction of sp³-hybridized carbons (Fsp3) is 0.312. The monoisotopic (exact) mass is 285 g/mol. The minimum atomic E-state index is -0.856. The summed E-state index contributed by atoms with van der Waals surface area (Å²) in [5.74, 6) is -0.321. The number of amides is 3. The fourth-order valence-electron chi connectivity index (χ4n) is 2.01. The molecule has 1 aromatic rings. The second-order valence-electron chi connectivity index (χ2n) is 5.28. The fourth-order valence-corrected chi connectivity index (χ4v) is 2.01. The Labute approximate surface area is 124 Å². The van der Waals surface area contributed by atoms with Gasteiger partial charge in [0.25, 0.3) is 5.91 Å². The van der Waals surface area contributed by atoms with E-state index in [0.717, 1.165) is 16.1 Å². The number of carbonyl (C=O) groups excluding carboxylic acids is 2. The summed E-state index contributed by atoms with van der Waals surface area (Å²) in [6, 6.07) is 9.30. The van der Waals surface area contributed by atoms with Crippen LogP contribution in [-0.2, 0) is 4.79 Å². The van der Waals surface area contributed by atoms with Gasteiger partial charge in [-0.05, 0) is 31.4 Å². The Morgan fingerprint density at radius 2 is 2.00 bits per heavy atom. The molecule has 1 unspecified atom stereocenters. The molecule has 21 heavy (non-hydrogen) atoms. The predicted molar refractivity (Wildman–Crippen MR) is 82.7 cm³/mol. The van der Waals surface area contributed by atoms with Crippen LogP contribution in [0.4, 0.5) is 4.79 Å². The molecule has 0 aromatic heterocycles. The third kappa shape index (κ3) is 3.18. The number of carbonyl (C=O) groups is 2. The zero-order valence-corrected chi connectivity index (χ0v) is 12.5. The van der Waals surface area contributed by atoms with Gasteiger partial charge in [-0.25, -0.2) is 4.79 Å². The maximum atomic E-state index is 12.1. The molecule has 1 aliphatic rings. The van der Waals surface area contributed by atoms with E-state index in [9.17, 15) is 9.59 Å². The molecule has 0 radical (unpaired) electrons. The summed E-state index contributed by atoms with van der Waals surface area (Å²) in [4.78, 5) is 23.9. The molecule has 0 spiro atoms. The number of rotatable bonds is 4. The molecule has 1 aliphatic heterocycles. The quantitative estimate of drug-likeness (QED) is 0.683. The van der Waals surface area contributed by atoms with Crippen molar-refractivity contribution in [1.82, 2.24) is 10.3 Å². The van der Waals surface area contributed by atoms with Crippen molar-refractivity contribution in [2.24, 2.45) is 5.10 Å². The van der Waals surface area contributed by atoms with Crippen molar-refractivity contribution < 1.29 is 9.59 Å². The van der Waals surface area contributed by atoms with Crippen molar-refractivity contribution in [2.45, 2.75) is 32.7 Å². The number of nitrogens with zero attached hydrogens (tertiary/aromatic N) is 2. The number of allylic oxidation sites excluding steroid dienone is 1. The van der Waals surface area contributed by atoms with Crippen LogP contribution in [0.2, 0.25) is 0 Å². The first-order chi connectivity index (χ1) is 9.96. The largest absolute Gasteiger partial charge is 0.346 e. The van der Waals surface area contributed by atoms with Gasteiger partial charge < -0.3 is 5.32 Å². The Bertz CT molecular complexity index is 607. The minimum absolute atomic E-state index is 0.321. The van der Waals surface area contributed by atoms with Gasteiger partial charge in [-0.2, -0.15) is 5.10 Å². The Hall–Kier alpha value is -2.43. The van der Waals surface area contributed by atoms with Gasteiger partial charge in [-0.3, -0.25) is 4.79 Å². The average molecular weight is 285 g/mol. The van der Waals surface area contributed by atoms with E-state index >= 15 is 0 Å². The lowest BCUT2D eigenvalue weighted by molar-refractivity contribution is -0.130. The molecule has 110 valence electrons. The van der Waals surface area contributed by atoms with Crippen LogP contribution in [0, 0.1) is 0 Å². The van der Waals surface area contributed by atoms with Crippen LogP contribution in [0.5, 0.6) is 0 Å². The molecule has 1 saturated heterocycles. The standard InChI is InChI=1S/C16H19N3O2/c1-4-16(3)14(20)19(15(21)18-16)17-11-12(2)10-13-8-6-5-7-9-13/h5-11H,4H2,1-3H3,(H,18,21). The van der Waals surface area contributed by atoms with E-state index in [4.69, 9.17) is 0 Å². The molecule has 1 fully saturated rings. The number of hydrazone groups is 1. The molecule has 1 heterocycles. The Morgan fingerprint density at radius 1 is 1.33 bits per heavy atom. The van der Waals surface area contributed by atoms with Crippen molar-refractivity contribution in [3.63, 3.8) is 0 Å². The number of benzene rings is 1. The first-order valence-electron chi connectivity index (χ1n) is 6.90. The number of nitrogens with one attached hydrogen (secondary N) is 1. The maximum absolute atomic E-state index is 12.1. The molecule has 1 atom stereocenters. The molecule has 5 nitrogen and oxygen atoms in total. The lowest BCUT2D eigenvalue weighted by Crippen LogP contribution is -2.42. The van der Waals surface area contributed by atoms with Crippen molar-refractivity contribution in [1.29, 1.82) is 0 Å². The molecule has 0 aliphatic carbocycles. The second kappa shape index (κ2) is 5.91. The van der Waals surface area contributed by atoms with Crippen LogP contribution >= 0.6 is 0 Å². The van der Waals surface area contributed by atoms with Crippen LogP contribution in [-0.4, -0.2) is 28.7 Å². The van der Waals surface area contributed by atoms with Gasteiger partial charge in [-0.15, -0.1) is 5.01 Å². The third-order valence-corrected chi connectivity index (χ3v) is 3.52. The van der Waals surface area contributed by atoms with Crippen LogP contribution in [0.15, 0.2) is 41.0 Å². The Kier molecular flexibility index (Phi) is 4.21. The van der Waals surface area contributed by atoms with Crippen LogP contribution in [0.25, 0.3) is 6.08 Å². The smallest absolute Gasteiger partial charge is 0.322 e. The van der Waals surface area contributed by atoms with Gasteiger partial charge in [0, 0.05) is 0 Å². The summed E-state index contributed by atoms with van der Waals surface area (Å²) < 4.78 is 0. The summed E-state index contributed by atoms with van der Waals surface area (Å²) in [7, 11) is 0. The first-order valence-corrected chi connectivity index (χ1v) is 6.90. The highest BCUT2D eigenvalue weighted by molar-refractivity contribution is 6.07. The second-order valence-corrected chi connectivity index (χ2v) is 5.28. The highest BCUT2D eigenvalue weighted by atomic mass is 16.2. The molecule has 0 saturated carbocycles. The number of hydrogen-bond acceptors (Lipinski definition) is 3. The van der Waals surface area contributed by atoms with E-state index in [1.54, 1.807) is 6.92 Å². The van der Waals surface area contributed by atoms with E-state index in [0.29, 0.717) is 6.42 Å². The lowest BCUT2D eigenvalue weighted by Gasteiger charge is -2.17. The van der Waals surface area contributed by atoms with E-state index < -0.39 is 11.6 Å². The van der Waals surface area contributed by atoms with Gasteiger partial charge in [-0.1, -0.05) is 43.3 Å². The van der Waals surface area contributed by atoms with E-state index in [2.05, 4.69) is 10.4 Å². The molecule has 2 rings (SSSR count). The average Bonchev–Trinajstić information content (AvgIpc) is 2.69. The maximum Gasteiger partial charge on any atom is 0.346 e. The van der Waals surface area contributed by atoms with Crippen molar-refractivity contribution >= 4 is 24.2 Å². The molecular formula is C16H19N3O2. The van der Waals surface area contributed by atoms with Crippen LogP contribution < -0.4 is 5.32 Å². The van der Waals surface area contributed by atoms with Gasteiger partial charge in [0.15, 0.2) is 0 Å². The summed E-state index contributed by atoms with van der Waals surface area (Å²) in [6.45, 7) is 5.43. The van der Waals surface area contributed by atoms with Gasteiger partial charge in [0.05, 0.1) is 6.21 Å². The van der Waals surface area contributed by atoms with Crippen molar-refractivity contribution in [3.05, 3.63) is 41.5 Å². The SMILES string of the molecule is CCC1(C)NC(=O)N(N=CC(C)=Cc2ccccc2)C1=O. The molecular weight excluding hydrogens is 266 g/mol. The molecule has 1 aromatic carbocycles. The minimum Gasteiger partial charge on any atom is -0.322 e. The summed E-state index contributed by atoms with van der Waals surface area (Å²) in [5.41, 5.74) is 1.04. The molecule has 5 heteroatoms. The zero-order valence-electron chi connectivity index (χ0n) is 12.5. The van der Waals surface area contributed by atoms with Crippen LogP contribution in [0.3, 0.4) is 0 Å². The summed E-state index contributed by atoms with van der Waals surface area (Å²) >= 11 is 0. The number of imide groups is 1. The number of hydrogen-bond donors (Lipinski definition) is 1. The zero-order chi connectivity index (χ0) is 15.5. The van der Waals surface area contributed by atoms with Crippen molar-refractivity contribution in [2.75, 3.05) is 0 Å². The van der Waals surface area contributed by atoms with Crippen LogP contribution in [0.1, 0.15) is 32.8 Å². The molecule has 0 bridgehead atoms. The Morgan fingerprint density at radius 3 is 2.57 bits per heavy atom. The summed E-state index contributed by atoms with van der Waals surface area (Å²) in [6.07, 6.45) is 3.98. The van der Waals surface area contributed by atoms with Gasteiger partial charge in [0.2, 0.25) is 0 Å². The highest BCUT2D eigenvalue weighted by Gasteiger charge is 2.46. The van der Waals surface area contributed by atoms with Crippen molar-refractivity contribution in [3.8, 4) is 0 Å². The van der Waals surface area contributed by atoms with E-state index in [1.165, 1.54) is 6.21 Å². The summed E-state index contributed by atoms with van der Waals surface area (Å²) in [5, 5.41) is 7.56. The molecule has 1 N–H and O–H groups in total. The van der Waals surface area contributed by atoms with E-state index in [-0.39, 0.29) is 5.91 Å². The predicted octanol–water partition coefficient (Wildman–Crippen LogP) is 2.80.